The maximum atomic E-state index is 13.5. The highest BCUT2D eigenvalue weighted by molar-refractivity contribution is 5.78. The number of nitrogens with zero attached hydrogens (tertiary/aromatic N) is 2. The molecule has 0 atom stereocenters. The molecule has 0 bridgehead atoms. The lowest BCUT2D eigenvalue weighted by Crippen LogP contribution is -2.08. The van der Waals surface area contributed by atoms with Crippen molar-refractivity contribution in [1.29, 1.82) is 0 Å². The van der Waals surface area contributed by atoms with Crippen molar-refractivity contribution >= 4 is 5.82 Å². The van der Waals surface area contributed by atoms with E-state index in [1.807, 2.05) is 26.0 Å². The van der Waals surface area contributed by atoms with E-state index in [1.165, 1.54) is 0 Å². The predicted molar refractivity (Wildman–Crippen MR) is 87.9 cm³/mol. The van der Waals surface area contributed by atoms with Crippen LogP contribution >= 0.6 is 0 Å². The number of anilines is 1. The third-order valence-electron chi connectivity index (χ3n) is 3.74. The fraction of sp³-hybridized carbons (Fsp3) is 0.167. The first-order chi connectivity index (χ1) is 11.3. The summed E-state index contributed by atoms with van der Waals surface area (Å²) in [6, 6.07) is 13.8. The Morgan fingerprint density at radius 1 is 0.958 bits per heavy atom. The van der Waals surface area contributed by atoms with Crippen LogP contribution in [0.4, 0.5) is 19.0 Å². The molecule has 1 heterocycles. The summed E-state index contributed by atoms with van der Waals surface area (Å²) in [7, 11) is 0. The van der Waals surface area contributed by atoms with Crippen LogP contribution in [-0.2, 0) is 6.18 Å². The van der Waals surface area contributed by atoms with E-state index in [2.05, 4.69) is 5.10 Å². The Bertz CT molecular complexity index is 895. The topological polar surface area (TPSA) is 43.8 Å². The molecule has 0 aliphatic carbocycles. The number of alkyl halides is 3. The minimum absolute atomic E-state index is 0.0291. The zero-order chi connectivity index (χ0) is 17.5. The number of halogens is 3. The standard InChI is InChI=1S/C18H16F3N3/c1-11-5-3-7-13(9-11)15-16(18(19,20)21)23-24(17(15)22)14-8-4-6-12(2)10-14/h3-10H,22H2,1-2H3. The maximum Gasteiger partial charge on any atom is 0.435 e. The number of hydrogen-bond donors (Lipinski definition) is 1. The van der Waals surface area contributed by atoms with Crippen LogP contribution in [0.25, 0.3) is 16.8 Å². The summed E-state index contributed by atoms with van der Waals surface area (Å²) in [6.07, 6.45) is -4.59. The minimum atomic E-state index is -4.59. The van der Waals surface area contributed by atoms with Gasteiger partial charge in [-0.1, -0.05) is 42.0 Å². The largest absolute Gasteiger partial charge is 0.435 e. The van der Waals surface area contributed by atoms with Gasteiger partial charge in [-0.15, -0.1) is 0 Å². The third-order valence-corrected chi connectivity index (χ3v) is 3.74. The Morgan fingerprint density at radius 3 is 2.17 bits per heavy atom. The van der Waals surface area contributed by atoms with Crippen molar-refractivity contribution in [1.82, 2.24) is 9.78 Å². The van der Waals surface area contributed by atoms with Crippen LogP contribution < -0.4 is 5.73 Å². The van der Waals surface area contributed by atoms with Gasteiger partial charge in [-0.25, -0.2) is 4.68 Å². The zero-order valence-corrected chi connectivity index (χ0v) is 13.2. The van der Waals surface area contributed by atoms with Crippen LogP contribution in [0.5, 0.6) is 0 Å². The first-order valence-corrected chi connectivity index (χ1v) is 7.37. The molecular weight excluding hydrogens is 315 g/mol. The fourth-order valence-electron chi connectivity index (χ4n) is 2.67. The van der Waals surface area contributed by atoms with Gasteiger partial charge in [-0.05, 0) is 37.1 Å². The average molecular weight is 331 g/mol. The van der Waals surface area contributed by atoms with E-state index >= 15 is 0 Å². The van der Waals surface area contributed by atoms with Crippen LogP contribution in [0.15, 0.2) is 48.5 Å². The number of hydrogen-bond acceptors (Lipinski definition) is 2. The molecule has 24 heavy (non-hydrogen) atoms. The van der Waals surface area contributed by atoms with Crippen LogP contribution in [0.2, 0.25) is 0 Å². The summed E-state index contributed by atoms with van der Waals surface area (Å²) < 4.78 is 41.6. The SMILES string of the molecule is Cc1cccc(-c2c(C(F)(F)F)nn(-c3cccc(C)c3)c2N)c1. The second-order valence-corrected chi connectivity index (χ2v) is 5.73. The first kappa shape index (κ1) is 16.1. The molecule has 0 saturated carbocycles. The van der Waals surface area contributed by atoms with Crippen molar-refractivity contribution in [3.8, 4) is 16.8 Å². The lowest BCUT2D eigenvalue weighted by atomic mass is 10.0. The van der Waals surface area contributed by atoms with Gasteiger partial charge in [0, 0.05) is 0 Å². The van der Waals surface area contributed by atoms with Crippen molar-refractivity contribution < 1.29 is 13.2 Å². The van der Waals surface area contributed by atoms with Crippen molar-refractivity contribution in [2.45, 2.75) is 20.0 Å². The highest BCUT2D eigenvalue weighted by Crippen LogP contribution is 2.40. The van der Waals surface area contributed by atoms with Gasteiger partial charge in [-0.2, -0.15) is 18.3 Å². The summed E-state index contributed by atoms with van der Waals surface area (Å²) in [4.78, 5) is 0. The van der Waals surface area contributed by atoms with E-state index in [4.69, 9.17) is 5.73 Å². The van der Waals surface area contributed by atoms with E-state index in [0.717, 1.165) is 15.8 Å². The summed E-state index contributed by atoms with van der Waals surface area (Å²) in [5.41, 5.74) is 7.66. The lowest BCUT2D eigenvalue weighted by Gasteiger charge is -2.08. The van der Waals surface area contributed by atoms with Gasteiger partial charge in [-0.3, -0.25) is 0 Å². The second-order valence-electron chi connectivity index (χ2n) is 5.73. The zero-order valence-electron chi connectivity index (χ0n) is 13.2. The highest BCUT2D eigenvalue weighted by atomic mass is 19.4. The van der Waals surface area contributed by atoms with Gasteiger partial charge in [0.2, 0.25) is 0 Å². The van der Waals surface area contributed by atoms with E-state index in [0.29, 0.717) is 11.3 Å². The van der Waals surface area contributed by atoms with Gasteiger partial charge >= 0.3 is 6.18 Å². The molecule has 0 spiro atoms. The smallest absolute Gasteiger partial charge is 0.383 e. The Labute approximate surface area is 137 Å². The average Bonchev–Trinajstić information content (AvgIpc) is 2.85. The highest BCUT2D eigenvalue weighted by Gasteiger charge is 2.39. The molecule has 1 aromatic heterocycles. The molecule has 0 saturated heterocycles. The molecular formula is C18H16F3N3. The molecule has 0 fully saturated rings. The van der Waals surface area contributed by atoms with Gasteiger partial charge in [0.1, 0.15) is 5.82 Å². The predicted octanol–water partition coefficient (Wildman–Crippen LogP) is 4.76. The normalized spacial score (nSPS) is 11.7. The van der Waals surface area contributed by atoms with Crippen molar-refractivity contribution in [3.05, 3.63) is 65.4 Å². The van der Waals surface area contributed by atoms with E-state index in [9.17, 15) is 13.2 Å². The van der Waals surface area contributed by atoms with Gasteiger partial charge in [0.05, 0.1) is 11.3 Å². The number of benzene rings is 2. The van der Waals surface area contributed by atoms with Crippen LogP contribution in [0.3, 0.4) is 0 Å². The van der Waals surface area contributed by atoms with Gasteiger partial charge in [0.25, 0.3) is 0 Å². The lowest BCUT2D eigenvalue weighted by molar-refractivity contribution is -0.140. The quantitative estimate of drug-likeness (QED) is 0.736. The number of aromatic nitrogens is 2. The summed E-state index contributed by atoms with van der Waals surface area (Å²) in [5.74, 6) is -0.0291. The Hall–Kier alpha value is -2.76. The molecule has 2 aromatic carbocycles. The van der Waals surface area contributed by atoms with Gasteiger partial charge < -0.3 is 5.73 Å². The Morgan fingerprint density at radius 2 is 1.58 bits per heavy atom. The van der Waals surface area contributed by atoms with Crippen molar-refractivity contribution in [2.75, 3.05) is 5.73 Å². The number of nitrogen functional groups attached to an aromatic ring is 1. The van der Waals surface area contributed by atoms with Crippen molar-refractivity contribution in [3.63, 3.8) is 0 Å². The molecule has 0 amide bonds. The number of aryl methyl sites for hydroxylation is 2. The monoisotopic (exact) mass is 331 g/mol. The summed E-state index contributed by atoms with van der Waals surface area (Å²) >= 11 is 0. The van der Waals surface area contributed by atoms with Gasteiger partial charge in [0.15, 0.2) is 5.69 Å². The van der Waals surface area contributed by atoms with E-state index in [1.54, 1.807) is 36.4 Å². The molecule has 124 valence electrons. The summed E-state index contributed by atoms with van der Waals surface area (Å²) in [5, 5.41) is 3.77. The Balaban J connectivity index is 2.28. The van der Waals surface area contributed by atoms with E-state index in [-0.39, 0.29) is 11.4 Å². The van der Waals surface area contributed by atoms with Crippen LogP contribution in [0.1, 0.15) is 16.8 Å². The molecule has 0 radical (unpaired) electrons. The van der Waals surface area contributed by atoms with Crippen molar-refractivity contribution in [2.24, 2.45) is 0 Å². The second kappa shape index (κ2) is 5.70. The number of rotatable bonds is 2. The first-order valence-electron chi connectivity index (χ1n) is 7.37. The maximum absolute atomic E-state index is 13.5. The summed E-state index contributed by atoms with van der Waals surface area (Å²) in [6.45, 7) is 3.67. The van der Waals surface area contributed by atoms with Crippen LogP contribution in [0, 0.1) is 13.8 Å². The number of nitrogens with two attached hydrogens (primary N) is 1. The van der Waals surface area contributed by atoms with E-state index < -0.39 is 11.9 Å². The molecule has 0 aliphatic heterocycles. The minimum Gasteiger partial charge on any atom is -0.383 e. The third kappa shape index (κ3) is 2.87. The Kier molecular flexibility index (Phi) is 3.83. The fourth-order valence-corrected chi connectivity index (χ4v) is 2.67. The molecule has 0 aliphatic rings. The van der Waals surface area contributed by atoms with Crippen LogP contribution in [-0.4, -0.2) is 9.78 Å². The molecule has 3 rings (SSSR count). The molecule has 0 unspecified atom stereocenters. The molecule has 3 aromatic rings. The molecule has 2 N–H and O–H groups in total. The molecule has 3 nitrogen and oxygen atoms in total. The molecule has 6 heteroatoms.